The molecule has 1 heterocycles. The minimum absolute atomic E-state index is 0. The predicted octanol–water partition coefficient (Wildman–Crippen LogP) is 3.71. The van der Waals surface area contributed by atoms with Crippen molar-refractivity contribution in [2.24, 2.45) is 4.99 Å². The standard InChI is InChI=1S/C24H37N5O.HI/c1-4-25-24(26-16-9-11-19-29-18-10-8-14-23(29)30)27-17-15-21(2)28(3)20-22-12-6-5-7-13-22;/h5-8,10,12-14,18,21H,4,9,11,15-17,19-20H2,1-3H3,(H2,25,26,27);1H. The van der Waals surface area contributed by atoms with E-state index in [4.69, 9.17) is 0 Å². The number of unbranched alkanes of at least 4 members (excludes halogenated alkanes) is 1. The van der Waals surface area contributed by atoms with Crippen LogP contribution >= 0.6 is 24.0 Å². The predicted molar refractivity (Wildman–Crippen MR) is 141 cm³/mol. The summed E-state index contributed by atoms with van der Waals surface area (Å²) in [5.41, 5.74) is 1.40. The zero-order chi connectivity index (χ0) is 21.6. The molecule has 172 valence electrons. The molecule has 2 rings (SSSR count). The smallest absolute Gasteiger partial charge is 0.250 e. The van der Waals surface area contributed by atoms with Gasteiger partial charge in [0.25, 0.3) is 0 Å². The van der Waals surface area contributed by atoms with Gasteiger partial charge in [0.05, 0.1) is 0 Å². The fourth-order valence-electron chi connectivity index (χ4n) is 3.22. The average molecular weight is 540 g/mol. The van der Waals surface area contributed by atoms with E-state index < -0.39 is 0 Å². The molecule has 0 aliphatic rings. The van der Waals surface area contributed by atoms with Crippen molar-refractivity contribution in [1.82, 2.24) is 20.1 Å². The van der Waals surface area contributed by atoms with Gasteiger partial charge in [-0.15, -0.1) is 24.0 Å². The second-order valence-corrected chi connectivity index (χ2v) is 7.67. The molecule has 0 saturated carbocycles. The zero-order valence-electron chi connectivity index (χ0n) is 19.1. The van der Waals surface area contributed by atoms with Gasteiger partial charge >= 0.3 is 0 Å². The Labute approximate surface area is 204 Å². The summed E-state index contributed by atoms with van der Waals surface area (Å²) in [4.78, 5) is 18.8. The van der Waals surface area contributed by atoms with Crippen LogP contribution in [-0.4, -0.2) is 48.2 Å². The van der Waals surface area contributed by atoms with Crippen molar-refractivity contribution in [1.29, 1.82) is 0 Å². The quantitative estimate of drug-likeness (QED) is 0.187. The van der Waals surface area contributed by atoms with Crippen LogP contribution in [0.4, 0.5) is 0 Å². The van der Waals surface area contributed by atoms with E-state index in [1.807, 2.05) is 12.3 Å². The number of nitrogens with zero attached hydrogens (tertiary/aromatic N) is 3. The molecular weight excluding hydrogens is 501 g/mol. The SMILES string of the molecule is CCNC(=NCCCCn1ccccc1=O)NCCC(C)N(C)Cc1ccccc1.I. The Hall–Kier alpha value is -1.87. The number of benzene rings is 1. The number of aliphatic imine (C=N–C) groups is 1. The molecule has 0 radical (unpaired) electrons. The van der Waals surface area contributed by atoms with E-state index >= 15 is 0 Å². The molecule has 0 bridgehead atoms. The van der Waals surface area contributed by atoms with Crippen molar-refractivity contribution in [3.8, 4) is 0 Å². The van der Waals surface area contributed by atoms with Gasteiger partial charge in [-0.1, -0.05) is 36.4 Å². The third-order valence-electron chi connectivity index (χ3n) is 5.20. The van der Waals surface area contributed by atoms with Gasteiger partial charge in [-0.3, -0.25) is 14.7 Å². The molecule has 2 aromatic rings. The van der Waals surface area contributed by atoms with E-state index in [2.05, 4.69) is 71.8 Å². The minimum Gasteiger partial charge on any atom is -0.357 e. The van der Waals surface area contributed by atoms with Crippen LogP contribution in [0.2, 0.25) is 0 Å². The van der Waals surface area contributed by atoms with Gasteiger partial charge in [0.1, 0.15) is 0 Å². The fraction of sp³-hybridized carbons (Fsp3) is 0.500. The first-order valence-electron chi connectivity index (χ1n) is 11.0. The molecule has 0 amide bonds. The molecule has 7 heteroatoms. The van der Waals surface area contributed by atoms with Crippen molar-refractivity contribution < 1.29 is 0 Å². The molecule has 6 nitrogen and oxygen atoms in total. The highest BCUT2D eigenvalue weighted by molar-refractivity contribution is 14.0. The van der Waals surface area contributed by atoms with Gasteiger partial charge in [0, 0.05) is 51.0 Å². The number of hydrogen-bond donors (Lipinski definition) is 2. The van der Waals surface area contributed by atoms with E-state index in [-0.39, 0.29) is 29.5 Å². The largest absolute Gasteiger partial charge is 0.357 e. The molecule has 0 spiro atoms. The number of aryl methyl sites for hydroxylation is 1. The Kier molecular flexibility index (Phi) is 13.9. The fourth-order valence-corrected chi connectivity index (χ4v) is 3.22. The summed E-state index contributed by atoms with van der Waals surface area (Å²) in [6.45, 7) is 8.52. The van der Waals surface area contributed by atoms with Crippen LogP contribution < -0.4 is 16.2 Å². The second kappa shape index (κ2) is 15.9. The third kappa shape index (κ3) is 10.8. The molecule has 0 fully saturated rings. The summed E-state index contributed by atoms with van der Waals surface area (Å²) in [5, 5.41) is 6.76. The summed E-state index contributed by atoms with van der Waals surface area (Å²) >= 11 is 0. The lowest BCUT2D eigenvalue weighted by atomic mass is 10.1. The molecule has 0 aliphatic carbocycles. The average Bonchev–Trinajstić information content (AvgIpc) is 2.75. The highest BCUT2D eigenvalue weighted by Gasteiger charge is 2.09. The highest BCUT2D eigenvalue weighted by atomic mass is 127. The molecule has 0 aliphatic heterocycles. The maximum Gasteiger partial charge on any atom is 0.250 e. The van der Waals surface area contributed by atoms with Crippen LogP contribution in [-0.2, 0) is 13.1 Å². The normalized spacial score (nSPS) is 12.3. The van der Waals surface area contributed by atoms with Crippen molar-refractivity contribution in [2.75, 3.05) is 26.7 Å². The summed E-state index contributed by atoms with van der Waals surface area (Å²) in [6.07, 6.45) is 4.78. The van der Waals surface area contributed by atoms with Crippen molar-refractivity contribution in [3.05, 3.63) is 70.6 Å². The van der Waals surface area contributed by atoms with Gasteiger partial charge < -0.3 is 15.2 Å². The van der Waals surface area contributed by atoms with Gasteiger partial charge in [-0.05, 0) is 51.8 Å². The number of aromatic nitrogens is 1. The summed E-state index contributed by atoms with van der Waals surface area (Å²) in [6, 6.07) is 16.3. The lowest BCUT2D eigenvalue weighted by Crippen LogP contribution is -2.40. The maximum atomic E-state index is 11.7. The van der Waals surface area contributed by atoms with E-state index in [1.165, 1.54) is 5.56 Å². The van der Waals surface area contributed by atoms with Gasteiger partial charge in [0.2, 0.25) is 5.56 Å². The summed E-state index contributed by atoms with van der Waals surface area (Å²) in [7, 11) is 2.18. The van der Waals surface area contributed by atoms with E-state index in [0.29, 0.717) is 6.04 Å². The van der Waals surface area contributed by atoms with Crippen LogP contribution in [0.15, 0.2) is 64.5 Å². The first kappa shape index (κ1) is 27.2. The first-order valence-corrected chi connectivity index (χ1v) is 11.0. The summed E-state index contributed by atoms with van der Waals surface area (Å²) in [5.74, 6) is 0.868. The first-order chi connectivity index (χ1) is 14.6. The second-order valence-electron chi connectivity index (χ2n) is 7.67. The number of pyridine rings is 1. The Morgan fingerprint density at radius 3 is 2.55 bits per heavy atom. The zero-order valence-corrected chi connectivity index (χ0v) is 21.4. The Balaban J connectivity index is 0.00000480. The Morgan fingerprint density at radius 1 is 1.10 bits per heavy atom. The van der Waals surface area contributed by atoms with Crippen LogP contribution in [0.25, 0.3) is 0 Å². The van der Waals surface area contributed by atoms with Gasteiger partial charge in [-0.25, -0.2) is 0 Å². The van der Waals surface area contributed by atoms with Crippen LogP contribution in [0.3, 0.4) is 0 Å². The number of guanidine groups is 1. The van der Waals surface area contributed by atoms with Crippen molar-refractivity contribution in [2.45, 2.75) is 52.2 Å². The number of nitrogens with one attached hydrogen (secondary N) is 2. The molecule has 1 unspecified atom stereocenters. The molecule has 31 heavy (non-hydrogen) atoms. The molecule has 0 saturated heterocycles. The Morgan fingerprint density at radius 2 is 1.84 bits per heavy atom. The third-order valence-corrected chi connectivity index (χ3v) is 5.20. The highest BCUT2D eigenvalue weighted by Crippen LogP contribution is 2.07. The summed E-state index contributed by atoms with van der Waals surface area (Å²) < 4.78 is 1.75. The number of hydrogen-bond acceptors (Lipinski definition) is 3. The maximum absolute atomic E-state index is 11.7. The van der Waals surface area contributed by atoms with E-state index in [0.717, 1.165) is 57.9 Å². The molecule has 1 aromatic heterocycles. The number of halogens is 1. The van der Waals surface area contributed by atoms with Crippen LogP contribution in [0, 0.1) is 0 Å². The molecule has 1 atom stereocenters. The molecule has 2 N–H and O–H groups in total. The van der Waals surface area contributed by atoms with Crippen molar-refractivity contribution >= 4 is 29.9 Å². The Bertz CT molecular complexity index is 809. The minimum atomic E-state index is 0. The van der Waals surface area contributed by atoms with Gasteiger partial charge in [-0.2, -0.15) is 0 Å². The molecule has 1 aromatic carbocycles. The topological polar surface area (TPSA) is 61.7 Å². The van der Waals surface area contributed by atoms with E-state index in [9.17, 15) is 4.79 Å². The monoisotopic (exact) mass is 539 g/mol. The lowest BCUT2D eigenvalue weighted by molar-refractivity contribution is 0.238. The van der Waals surface area contributed by atoms with Gasteiger partial charge in [0.15, 0.2) is 5.96 Å². The lowest BCUT2D eigenvalue weighted by Gasteiger charge is -2.25. The number of rotatable bonds is 12. The molecular formula is C24H38IN5O. The van der Waals surface area contributed by atoms with Crippen molar-refractivity contribution in [3.63, 3.8) is 0 Å². The van der Waals surface area contributed by atoms with Crippen LogP contribution in [0.1, 0.15) is 38.7 Å². The van der Waals surface area contributed by atoms with Crippen LogP contribution in [0.5, 0.6) is 0 Å². The van der Waals surface area contributed by atoms with E-state index in [1.54, 1.807) is 16.7 Å².